The van der Waals surface area contributed by atoms with Crippen LogP contribution in [0.15, 0.2) is 6.20 Å². The molecule has 0 spiro atoms. The Morgan fingerprint density at radius 2 is 2.00 bits per heavy atom. The summed E-state index contributed by atoms with van der Waals surface area (Å²) in [7, 11) is 1.89. The Morgan fingerprint density at radius 1 is 1.35 bits per heavy atom. The Labute approximate surface area is 104 Å². The molecule has 0 aliphatic heterocycles. The number of rotatable bonds is 8. The van der Waals surface area contributed by atoms with Crippen molar-refractivity contribution in [2.75, 3.05) is 0 Å². The van der Waals surface area contributed by atoms with Gasteiger partial charge in [-0.05, 0) is 18.8 Å². The zero-order valence-electron chi connectivity index (χ0n) is 11.2. The molecule has 0 amide bonds. The molecule has 98 valence electrons. The minimum atomic E-state index is 0.298. The Kier molecular flexibility index (Phi) is 6.15. The van der Waals surface area contributed by atoms with Crippen LogP contribution < -0.4 is 11.3 Å². The number of hydrogen-bond donors (Lipinski definition) is 2. The summed E-state index contributed by atoms with van der Waals surface area (Å²) >= 11 is 0. The van der Waals surface area contributed by atoms with Crippen LogP contribution in [0.3, 0.4) is 0 Å². The molecular formula is C12H25N5. The lowest BCUT2D eigenvalue weighted by Crippen LogP contribution is -2.42. The molecule has 0 aliphatic carbocycles. The van der Waals surface area contributed by atoms with Crippen molar-refractivity contribution in [3.05, 3.63) is 11.9 Å². The molecule has 0 fully saturated rings. The van der Waals surface area contributed by atoms with E-state index in [0.717, 1.165) is 12.1 Å². The van der Waals surface area contributed by atoms with Crippen molar-refractivity contribution < 1.29 is 0 Å². The molecule has 0 aliphatic rings. The maximum atomic E-state index is 5.68. The van der Waals surface area contributed by atoms with Gasteiger partial charge in [0.15, 0.2) is 0 Å². The van der Waals surface area contributed by atoms with E-state index in [9.17, 15) is 0 Å². The van der Waals surface area contributed by atoms with Gasteiger partial charge in [0.05, 0.1) is 5.69 Å². The van der Waals surface area contributed by atoms with E-state index in [0.29, 0.717) is 12.0 Å². The SMILES string of the molecule is CCCC(CCC)C(Cc1cn(C)nn1)NN. The molecule has 1 heterocycles. The molecule has 0 saturated heterocycles. The summed E-state index contributed by atoms with van der Waals surface area (Å²) < 4.78 is 1.73. The molecular weight excluding hydrogens is 214 g/mol. The summed E-state index contributed by atoms with van der Waals surface area (Å²) in [5.74, 6) is 6.31. The summed E-state index contributed by atoms with van der Waals surface area (Å²) in [4.78, 5) is 0. The molecule has 1 atom stereocenters. The second kappa shape index (κ2) is 7.40. The zero-order chi connectivity index (χ0) is 12.7. The quantitative estimate of drug-likeness (QED) is 0.531. The van der Waals surface area contributed by atoms with Gasteiger partial charge < -0.3 is 0 Å². The summed E-state index contributed by atoms with van der Waals surface area (Å²) in [6.45, 7) is 4.44. The lowest BCUT2D eigenvalue weighted by molar-refractivity contribution is 0.310. The van der Waals surface area contributed by atoms with Crippen molar-refractivity contribution in [3.8, 4) is 0 Å². The highest BCUT2D eigenvalue weighted by atomic mass is 15.4. The van der Waals surface area contributed by atoms with Crippen molar-refractivity contribution in [1.29, 1.82) is 0 Å². The predicted molar refractivity (Wildman–Crippen MR) is 69.1 cm³/mol. The summed E-state index contributed by atoms with van der Waals surface area (Å²) in [6.07, 6.45) is 7.63. The van der Waals surface area contributed by atoms with Crippen molar-refractivity contribution in [3.63, 3.8) is 0 Å². The highest BCUT2D eigenvalue weighted by Crippen LogP contribution is 2.19. The smallest absolute Gasteiger partial charge is 0.0843 e. The van der Waals surface area contributed by atoms with Crippen molar-refractivity contribution in [2.45, 2.75) is 52.0 Å². The molecule has 1 aromatic rings. The first-order valence-corrected chi connectivity index (χ1v) is 6.52. The fourth-order valence-corrected chi connectivity index (χ4v) is 2.36. The predicted octanol–water partition coefficient (Wildman–Crippen LogP) is 1.41. The van der Waals surface area contributed by atoms with E-state index in [1.54, 1.807) is 4.68 Å². The van der Waals surface area contributed by atoms with Gasteiger partial charge >= 0.3 is 0 Å². The molecule has 1 aromatic heterocycles. The van der Waals surface area contributed by atoms with E-state index >= 15 is 0 Å². The van der Waals surface area contributed by atoms with Crippen molar-refractivity contribution >= 4 is 0 Å². The van der Waals surface area contributed by atoms with E-state index in [-0.39, 0.29) is 0 Å². The Balaban J connectivity index is 2.61. The Bertz CT molecular complexity index is 304. The van der Waals surface area contributed by atoms with Crippen LogP contribution in [0.4, 0.5) is 0 Å². The number of hydrazine groups is 1. The highest BCUT2D eigenvalue weighted by Gasteiger charge is 2.20. The van der Waals surface area contributed by atoms with Crippen LogP contribution in [0.1, 0.15) is 45.2 Å². The van der Waals surface area contributed by atoms with Gasteiger partial charge in [0.2, 0.25) is 0 Å². The lowest BCUT2D eigenvalue weighted by atomic mass is 9.88. The summed E-state index contributed by atoms with van der Waals surface area (Å²) in [5.41, 5.74) is 3.96. The fourth-order valence-electron chi connectivity index (χ4n) is 2.36. The molecule has 0 saturated carbocycles. The molecule has 0 aromatic carbocycles. The average Bonchev–Trinajstić information content (AvgIpc) is 2.72. The van der Waals surface area contributed by atoms with Gasteiger partial charge in [-0.2, -0.15) is 0 Å². The molecule has 5 nitrogen and oxygen atoms in total. The van der Waals surface area contributed by atoms with Gasteiger partial charge in [-0.25, -0.2) is 0 Å². The van der Waals surface area contributed by atoms with Gasteiger partial charge in [-0.15, -0.1) is 5.10 Å². The monoisotopic (exact) mass is 239 g/mol. The minimum Gasteiger partial charge on any atom is -0.271 e. The van der Waals surface area contributed by atoms with E-state index in [1.165, 1.54) is 25.7 Å². The first kappa shape index (κ1) is 14.1. The summed E-state index contributed by atoms with van der Waals surface area (Å²) in [6, 6.07) is 0.298. The Hall–Kier alpha value is -0.940. The van der Waals surface area contributed by atoms with Crippen molar-refractivity contribution in [2.24, 2.45) is 18.8 Å². The van der Waals surface area contributed by atoms with E-state index in [4.69, 9.17) is 5.84 Å². The van der Waals surface area contributed by atoms with Crippen LogP contribution in [-0.4, -0.2) is 21.0 Å². The van der Waals surface area contributed by atoms with Gasteiger partial charge in [-0.3, -0.25) is 16.0 Å². The number of nitrogens with one attached hydrogen (secondary N) is 1. The highest BCUT2D eigenvalue weighted by molar-refractivity contribution is 4.96. The fraction of sp³-hybridized carbons (Fsp3) is 0.833. The second-order valence-electron chi connectivity index (χ2n) is 4.70. The van der Waals surface area contributed by atoms with Crippen LogP contribution in [-0.2, 0) is 13.5 Å². The Morgan fingerprint density at radius 3 is 2.41 bits per heavy atom. The number of nitrogens with zero attached hydrogens (tertiary/aromatic N) is 3. The van der Waals surface area contributed by atoms with Crippen LogP contribution in [0.25, 0.3) is 0 Å². The number of nitrogens with two attached hydrogens (primary N) is 1. The molecule has 5 heteroatoms. The third-order valence-electron chi connectivity index (χ3n) is 3.18. The number of hydrogen-bond acceptors (Lipinski definition) is 4. The molecule has 3 N–H and O–H groups in total. The zero-order valence-corrected chi connectivity index (χ0v) is 11.2. The third kappa shape index (κ3) is 4.44. The first-order chi connectivity index (χ1) is 8.21. The number of aromatic nitrogens is 3. The van der Waals surface area contributed by atoms with Crippen molar-refractivity contribution in [1.82, 2.24) is 20.4 Å². The second-order valence-corrected chi connectivity index (χ2v) is 4.70. The maximum absolute atomic E-state index is 5.68. The topological polar surface area (TPSA) is 68.8 Å². The van der Waals surface area contributed by atoms with Gasteiger partial charge in [-0.1, -0.05) is 31.9 Å². The molecule has 0 bridgehead atoms. The van der Waals surface area contributed by atoms with Crippen LogP contribution in [0.2, 0.25) is 0 Å². The van der Waals surface area contributed by atoms with Crippen LogP contribution in [0, 0.1) is 5.92 Å². The maximum Gasteiger partial charge on any atom is 0.0843 e. The lowest BCUT2D eigenvalue weighted by Gasteiger charge is -2.25. The largest absolute Gasteiger partial charge is 0.271 e. The molecule has 0 radical (unpaired) electrons. The standard InChI is InChI=1S/C12H25N5/c1-4-6-10(7-5-2)12(14-13)8-11-9-17(3)16-15-11/h9-10,12,14H,4-8,13H2,1-3H3. The molecule has 1 rings (SSSR count). The average molecular weight is 239 g/mol. The van der Waals surface area contributed by atoms with Crippen LogP contribution in [0.5, 0.6) is 0 Å². The summed E-state index contributed by atoms with van der Waals surface area (Å²) in [5, 5.41) is 8.08. The van der Waals surface area contributed by atoms with E-state index in [1.807, 2.05) is 13.2 Å². The van der Waals surface area contributed by atoms with Crippen LogP contribution >= 0.6 is 0 Å². The van der Waals surface area contributed by atoms with E-state index in [2.05, 4.69) is 29.6 Å². The molecule has 1 unspecified atom stereocenters. The molecule has 17 heavy (non-hydrogen) atoms. The van der Waals surface area contributed by atoms with E-state index < -0.39 is 0 Å². The van der Waals surface area contributed by atoms with Gasteiger partial charge in [0, 0.05) is 25.7 Å². The minimum absolute atomic E-state index is 0.298. The van der Waals surface area contributed by atoms with Gasteiger partial charge in [0.25, 0.3) is 0 Å². The number of aryl methyl sites for hydroxylation is 1. The van der Waals surface area contributed by atoms with Gasteiger partial charge in [0.1, 0.15) is 0 Å². The third-order valence-corrected chi connectivity index (χ3v) is 3.18. The normalized spacial score (nSPS) is 13.2. The first-order valence-electron chi connectivity index (χ1n) is 6.52.